The van der Waals surface area contributed by atoms with E-state index in [-0.39, 0.29) is 47.1 Å². The van der Waals surface area contributed by atoms with Crippen LogP contribution in [0.3, 0.4) is 0 Å². The number of anilines is 1. The van der Waals surface area contributed by atoms with E-state index in [4.69, 9.17) is 14.2 Å². The highest BCUT2D eigenvalue weighted by molar-refractivity contribution is 6.00. The number of carbonyl (C=O) groups is 2. The number of alkyl halides is 1. The van der Waals surface area contributed by atoms with E-state index < -0.39 is 23.5 Å². The second-order valence-corrected chi connectivity index (χ2v) is 11.8. The number of benzene rings is 1. The zero-order valence-electron chi connectivity index (χ0n) is 26.4. The summed E-state index contributed by atoms with van der Waals surface area (Å²) in [5.41, 5.74) is 0.896. The van der Waals surface area contributed by atoms with Crippen LogP contribution in [0.5, 0.6) is 5.75 Å². The van der Waals surface area contributed by atoms with E-state index >= 15 is 4.39 Å². The van der Waals surface area contributed by atoms with Gasteiger partial charge in [-0.05, 0) is 51.7 Å². The van der Waals surface area contributed by atoms with E-state index in [0.717, 1.165) is 0 Å². The molecule has 1 aromatic heterocycles. The fourth-order valence-corrected chi connectivity index (χ4v) is 5.47. The number of Topliss-reactive ketones (excluding diaryl/α,β-unsaturated/α-hetero) is 1. The molecule has 0 spiro atoms. The number of hydrogen-bond donors (Lipinski definition) is 0. The van der Waals surface area contributed by atoms with Crippen molar-refractivity contribution in [3.05, 3.63) is 57.8 Å². The van der Waals surface area contributed by atoms with Gasteiger partial charge < -0.3 is 23.7 Å². The van der Waals surface area contributed by atoms with Crippen molar-refractivity contribution in [3.63, 3.8) is 0 Å². The summed E-state index contributed by atoms with van der Waals surface area (Å²) in [6.07, 6.45) is 6.32. The SMILES string of the molecule is CCC(F)/C=C(\C/C=C\COCC(C)CCN(C)c1c(F)cc2c(=O)c(C(C)=O)cn3c2c1OCC3C)N1CC(C)OC1=O. The summed E-state index contributed by atoms with van der Waals surface area (Å²) in [7, 11) is 1.79. The summed E-state index contributed by atoms with van der Waals surface area (Å²) in [4.78, 5) is 40.5. The number of ether oxygens (including phenoxy) is 3. The molecule has 1 amide bonds. The van der Waals surface area contributed by atoms with Crippen molar-refractivity contribution in [2.24, 2.45) is 5.92 Å². The van der Waals surface area contributed by atoms with Gasteiger partial charge in [-0.25, -0.2) is 13.6 Å². The molecule has 0 bridgehead atoms. The molecule has 1 fully saturated rings. The number of cyclic esters (lactones) is 1. The van der Waals surface area contributed by atoms with Gasteiger partial charge >= 0.3 is 6.09 Å². The number of allylic oxidation sites excluding steroid dienone is 2. The molecule has 4 atom stereocenters. The van der Waals surface area contributed by atoms with Gasteiger partial charge in [0.05, 0.1) is 35.7 Å². The number of rotatable bonds is 14. The number of amides is 1. The summed E-state index contributed by atoms with van der Waals surface area (Å²) < 4.78 is 48.4. The normalized spacial score (nSPS) is 19.8. The van der Waals surface area contributed by atoms with Crippen molar-refractivity contribution in [3.8, 4) is 5.75 Å². The molecule has 9 nitrogen and oxygen atoms in total. The molecule has 3 heterocycles. The lowest BCUT2D eigenvalue weighted by Gasteiger charge is -2.31. The summed E-state index contributed by atoms with van der Waals surface area (Å²) >= 11 is 0. The Kier molecular flexibility index (Phi) is 10.8. The van der Waals surface area contributed by atoms with Crippen molar-refractivity contribution in [1.29, 1.82) is 0 Å². The standard InChI is InChI=1S/C33H43F2N3O6/c1-7-24(34)14-25(38-16-22(4)44-33(38)41)10-8-9-13-42-18-20(2)11-12-36(6)30-28(35)15-26-29-32(30)43-19-21(3)37(29)17-27(23(5)39)31(26)40/h8-9,14-15,17,20-22,24H,7,10-13,16,18-19H2,1-6H3/b9-8-,25-14+. The first-order valence-corrected chi connectivity index (χ1v) is 15.2. The molecule has 0 N–H and O–H groups in total. The molecule has 240 valence electrons. The van der Waals surface area contributed by atoms with Crippen molar-refractivity contribution in [2.75, 3.05) is 44.9 Å². The third kappa shape index (κ3) is 7.31. The van der Waals surface area contributed by atoms with Crippen LogP contribution in [0.25, 0.3) is 10.9 Å². The van der Waals surface area contributed by atoms with Gasteiger partial charge in [-0.3, -0.25) is 14.5 Å². The highest BCUT2D eigenvalue weighted by Gasteiger charge is 2.31. The number of ketones is 1. The fraction of sp³-hybridized carbons (Fsp3) is 0.545. The Morgan fingerprint density at radius 1 is 1.27 bits per heavy atom. The minimum absolute atomic E-state index is 0.0362. The Hall–Kier alpha value is -3.73. The molecule has 4 unspecified atom stereocenters. The van der Waals surface area contributed by atoms with Gasteiger partial charge in [-0.2, -0.15) is 0 Å². The van der Waals surface area contributed by atoms with Gasteiger partial charge in [0.25, 0.3) is 0 Å². The Morgan fingerprint density at radius 2 is 2.02 bits per heavy atom. The zero-order valence-corrected chi connectivity index (χ0v) is 26.4. The van der Waals surface area contributed by atoms with Gasteiger partial charge in [-0.15, -0.1) is 0 Å². The molecule has 1 saturated heterocycles. The Labute approximate surface area is 257 Å². The maximum absolute atomic E-state index is 15.5. The first-order valence-electron chi connectivity index (χ1n) is 15.2. The third-order valence-electron chi connectivity index (χ3n) is 8.04. The Morgan fingerprint density at radius 3 is 2.68 bits per heavy atom. The Balaban J connectivity index is 1.34. The largest absolute Gasteiger partial charge is 0.487 e. The van der Waals surface area contributed by atoms with Gasteiger partial charge in [0.15, 0.2) is 22.8 Å². The lowest BCUT2D eigenvalue weighted by molar-refractivity contribution is 0.101. The summed E-state index contributed by atoms with van der Waals surface area (Å²) in [5.74, 6) is -0.465. The molecule has 0 saturated carbocycles. The molecular formula is C33H43F2N3O6. The molecule has 1 aromatic carbocycles. The smallest absolute Gasteiger partial charge is 0.414 e. The maximum atomic E-state index is 15.5. The second kappa shape index (κ2) is 14.4. The molecule has 44 heavy (non-hydrogen) atoms. The number of aromatic nitrogens is 1. The van der Waals surface area contributed by atoms with E-state index in [2.05, 4.69) is 0 Å². The lowest BCUT2D eigenvalue weighted by atomic mass is 10.0. The van der Waals surface area contributed by atoms with Crippen LogP contribution in [0.1, 0.15) is 70.3 Å². The zero-order chi connectivity index (χ0) is 32.1. The average Bonchev–Trinajstić information content (AvgIpc) is 3.32. The monoisotopic (exact) mass is 615 g/mol. The van der Waals surface area contributed by atoms with Gasteiger partial charge in [0.1, 0.15) is 24.6 Å². The van der Waals surface area contributed by atoms with E-state index in [9.17, 15) is 18.8 Å². The number of halogens is 2. The molecular weight excluding hydrogens is 572 g/mol. The van der Waals surface area contributed by atoms with Gasteiger partial charge in [0.2, 0.25) is 0 Å². The third-order valence-corrected chi connectivity index (χ3v) is 8.04. The molecule has 11 heteroatoms. The highest BCUT2D eigenvalue weighted by Crippen LogP contribution is 2.41. The number of nitrogens with zero attached hydrogens (tertiary/aromatic N) is 3. The van der Waals surface area contributed by atoms with Gasteiger partial charge in [0, 0.05) is 38.5 Å². The van der Waals surface area contributed by atoms with Crippen molar-refractivity contribution >= 4 is 28.5 Å². The first kappa shape index (κ1) is 33.2. The molecule has 0 aliphatic carbocycles. The van der Waals surface area contributed by atoms with Crippen LogP contribution in [0, 0.1) is 11.7 Å². The second-order valence-electron chi connectivity index (χ2n) is 11.8. The predicted molar refractivity (Wildman–Crippen MR) is 166 cm³/mol. The van der Waals surface area contributed by atoms with Crippen molar-refractivity contribution in [1.82, 2.24) is 9.47 Å². The van der Waals surface area contributed by atoms with Crippen LogP contribution in [0.2, 0.25) is 0 Å². The Bertz CT molecular complexity index is 1500. The number of carbonyl (C=O) groups excluding carboxylic acids is 2. The van der Waals surface area contributed by atoms with Crippen LogP contribution >= 0.6 is 0 Å². The van der Waals surface area contributed by atoms with Crippen LogP contribution < -0.4 is 15.1 Å². The molecule has 4 rings (SSSR count). The summed E-state index contributed by atoms with van der Waals surface area (Å²) in [6.45, 7) is 10.9. The summed E-state index contributed by atoms with van der Waals surface area (Å²) in [6, 6.07) is 1.08. The minimum Gasteiger partial charge on any atom is -0.487 e. The topological polar surface area (TPSA) is 90.3 Å². The van der Waals surface area contributed by atoms with Gasteiger partial charge in [-0.1, -0.05) is 26.0 Å². The maximum Gasteiger partial charge on any atom is 0.414 e. The molecule has 2 aliphatic heterocycles. The fourth-order valence-electron chi connectivity index (χ4n) is 5.47. The predicted octanol–water partition coefficient (Wildman–Crippen LogP) is 6.19. The van der Waals surface area contributed by atoms with Crippen LogP contribution in [-0.4, -0.2) is 73.6 Å². The molecule has 2 aliphatic rings. The minimum atomic E-state index is -1.14. The number of pyridine rings is 1. The lowest BCUT2D eigenvalue weighted by Crippen LogP contribution is -2.29. The van der Waals surface area contributed by atoms with Crippen LogP contribution in [-0.2, 0) is 9.47 Å². The average molecular weight is 616 g/mol. The van der Waals surface area contributed by atoms with Crippen LogP contribution in [0.15, 0.2) is 41.0 Å². The van der Waals surface area contributed by atoms with E-state index in [1.165, 1.54) is 24.0 Å². The van der Waals surface area contributed by atoms with Crippen molar-refractivity contribution in [2.45, 2.75) is 72.2 Å². The molecule has 2 aromatic rings. The number of hydrogen-bond acceptors (Lipinski definition) is 7. The summed E-state index contributed by atoms with van der Waals surface area (Å²) in [5, 5.41) is 0.135. The van der Waals surface area contributed by atoms with Crippen LogP contribution in [0.4, 0.5) is 19.3 Å². The first-order chi connectivity index (χ1) is 20.9. The van der Waals surface area contributed by atoms with E-state index in [0.29, 0.717) is 62.5 Å². The quantitative estimate of drug-likeness (QED) is 0.142. The highest BCUT2D eigenvalue weighted by atomic mass is 19.1. The van der Waals surface area contributed by atoms with E-state index in [1.54, 1.807) is 32.0 Å². The van der Waals surface area contributed by atoms with E-state index in [1.807, 2.05) is 30.6 Å². The molecule has 0 radical (unpaired) electrons. The van der Waals surface area contributed by atoms with Crippen molar-refractivity contribution < 1.29 is 32.6 Å².